The van der Waals surface area contributed by atoms with E-state index in [0.29, 0.717) is 24.9 Å². The summed E-state index contributed by atoms with van der Waals surface area (Å²) in [6.45, 7) is 8.69. The molecule has 0 aliphatic heterocycles. The lowest BCUT2D eigenvalue weighted by molar-refractivity contribution is 0.130. The van der Waals surface area contributed by atoms with E-state index < -0.39 is 6.09 Å². The Balaban J connectivity index is 1.81. The Hall–Kier alpha value is -3.48. The molecule has 1 aliphatic carbocycles. The minimum Gasteiger partial charge on any atom is -0.494 e. The van der Waals surface area contributed by atoms with Gasteiger partial charge in [-0.15, -0.1) is 0 Å². The third kappa shape index (κ3) is 5.03. The average molecular weight is 464 g/mol. The van der Waals surface area contributed by atoms with Crippen LogP contribution in [-0.4, -0.2) is 36.2 Å². The van der Waals surface area contributed by atoms with E-state index in [0.717, 1.165) is 46.3 Å². The molecule has 0 unspecified atom stereocenters. The summed E-state index contributed by atoms with van der Waals surface area (Å²) in [6.07, 6.45) is 4.67. The average Bonchev–Trinajstić information content (AvgIpc) is 3.06. The van der Waals surface area contributed by atoms with Crippen molar-refractivity contribution >= 4 is 28.9 Å². The maximum atomic E-state index is 12.0. The first-order chi connectivity index (χ1) is 16.5. The van der Waals surface area contributed by atoms with Crippen molar-refractivity contribution < 1.29 is 19.1 Å². The number of anilines is 1. The molecule has 2 aromatic carbocycles. The number of benzene rings is 2. The zero-order chi connectivity index (χ0) is 24.1. The van der Waals surface area contributed by atoms with Crippen LogP contribution in [0.15, 0.2) is 47.6 Å². The van der Waals surface area contributed by atoms with Crippen molar-refractivity contribution in [1.29, 1.82) is 0 Å². The Bertz CT molecular complexity index is 1160. The van der Waals surface area contributed by atoms with Crippen LogP contribution in [0.25, 0.3) is 22.2 Å². The van der Waals surface area contributed by atoms with Crippen molar-refractivity contribution in [2.75, 3.05) is 18.5 Å². The summed E-state index contributed by atoms with van der Waals surface area (Å²) in [6, 6.07) is 14.5. The number of fused-ring (bicyclic) bond motifs is 1. The molecule has 1 saturated carbocycles. The van der Waals surface area contributed by atoms with Gasteiger partial charge in [0, 0.05) is 28.7 Å². The van der Waals surface area contributed by atoms with E-state index in [1.54, 1.807) is 0 Å². The third-order valence-electron chi connectivity index (χ3n) is 5.90. The van der Waals surface area contributed by atoms with Crippen molar-refractivity contribution in [1.82, 2.24) is 4.57 Å². The second kappa shape index (κ2) is 10.6. The lowest BCUT2D eigenvalue weighted by atomic mass is 9.92. The molecular formula is C27H33N3O4. The molecule has 7 heteroatoms. The number of oxime groups is 1. The zero-order valence-corrected chi connectivity index (χ0v) is 20.3. The third-order valence-corrected chi connectivity index (χ3v) is 5.90. The number of hydrogen-bond acceptors (Lipinski definition) is 5. The number of amides is 1. The molecule has 1 N–H and O–H groups in total. The van der Waals surface area contributed by atoms with E-state index in [4.69, 9.17) is 14.3 Å². The smallest absolute Gasteiger partial charge is 0.411 e. The maximum absolute atomic E-state index is 12.0. The van der Waals surface area contributed by atoms with Crippen molar-refractivity contribution in [3.63, 3.8) is 0 Å². The molecule has 180 valence electrons. The lowest BCUT2D eigenvalue weighted by Crippen LogP contribution is -2.18. The van der Waals surface area contributed by atoms with E-state index in [9.17, 15) is 4.79 Å². The molecule has 3 aromatic rings. The first kappa shape index (κ1) is 23.7. The number of hydrogen-bond donors (Lipinski definition) is 1. The van der Waals surface area contributed by atoms with Crippen molar-refractivity contribution in [3.8, 4) is 17.0 Å². The Morgan fingerprint density at radius 1 is 1.15 bits per heavy atom. The second-order valence-electron chi connectivity index (χ2n) is 8.64. The summed E-state index contributed by atoms with van der Waals surface area (Å²) >= 11 is 0. The summed E-state index contributed by atoms with van der Waals surface area (Å²) < 4.78 is 13.4. The van der Waals surface area contributed by atoms with Gasteiger partial charge in [0.2, 0.25) is 0 Å². The van der Waals surface area contributed by atoms with Crippen LogP contribution in [0, 0.1) is 0 Å². The van der Waals surface area contributed by atoms with E-state index in [-0.39, 0.29) is 6.10 Å². The number of carbonyl (C=O) groups excluding carboxylic acids is 1. The summed E-state index contributed by atoms with van der Waals surface area (Å²) in [7, 11) is 0. The molecule has 1 fully saturated rings. The van der Waals surface area contributed by atoms with Gasteiger partial charge < -0.3 is 18.9 Å². The van der Waals surface area contributed by atoms with Gasteiger partial charge in [0.1, 0.15) is 12.4 Å². The molecule has 0 radical (unpaired) electrons. The molecule has 0 saturated heterocycles. The minimum atomic E-state index is -0.459. The Morgan fingerprint density at radius 3 is 2.53 bits per heavy atom. The molecule has 1 heterocycles. The Labute approximate surface area is 200 Å². The lowest BCUT2D eigenvalue weighted by Gasteiger charge is -2.30. The van der Waals surface area contributed by atoms with Gasteiger partial charge >= 0.3 is 6.09 Å². The topological polar surface area (TPSA) is 74.1 Å². The highest BCUT2D eigenvalue weighted by Gasteiger charge is 2.27. The number of ether oxygens (including phenoxy) is 2. The molecule has 1 aliphatic rings. The number of nitrogens with zero attached hydrogens (tertiary/aromatic N) is 2. The molecule has 34 heavy (non-hydrogen) atoms. The van der Waals surface area contributed by atoms with E-state index >= 15 is 0 Å². The van der Waals surface area contributed by atoms with Gasteiger partial charge in [0.15, 0.2) is 0 Å². The highest BCUT2D eigenvalue weighted by molar-refractivity contribution is 6.07. The summed E-state index contributed by atoms with van der Waals surface area (Å²) in [5.41, 5.74) is 4.96. The fourth-order valence-corrected chi connectivity index (χ4v) is 4.26. The quantitative estimate of drug-likeness (QED) is 0.281. The first-order valence-corrected chi connectivity index (χ1v) is 12.1. The maximum Gasteiger partial charge on any atom is 0.411 e. The zero-order valence-electron chi connectivity index (χ0n) is 20.3. The van der Waals surface area contributed by atoms with Crippen molar-refractivity contribution in [2.24, 2.45) is 5.16 Å². The highest BCUT2D eigenvalue weighted by atomic mass is 16.6. The molecule has 1 aromatic heterocycles. The predicted octanol–water partition coefficient (Wildman–Crippen LogP) is 6.76. The van der Waals surface area contributed by atoms with E-state index in [1.165, 1.54) is 6.42 Å². The molecule has 0 bridgehead atoms. The van der Waals surface area contributed by atoms with Gasteiger partial charge in [0.05, 0.1) is 30.1 Å². The monoisotopic (exact) mass is 463 g/mol. The van der Waals surface area contributed by atoms with Gasteiger partial charge in [-0.05, 0) is 76.8 Å². The fraction of sp³-hybridized carbons (Fsp3) is 0.407. The molecular weight excluding hydrogens is 430 g/mol. The van der Waals surface area contributed by atoms with Gasteiger partial charge in [-0.25, -0.2) is 4.79 Å². The standard InChI is InChI=1S/C27H33N3O4/c1-5-32-22-14-15-23-24(17-28-33-6-2)26(30(25(23)16-22)21-8-7-9-21)19-10-12-20(13-11-19)29-27(31)34-18(3)4/h10-18,21H,5-9H2,1-4H3,(H,29,31). The molecule has 0 atom stereocenters. The summed E-state index contributed by atoms with van der Waals surface area (Å²) in [5, 5.41) is 8.11. The Morgan fingerprint density at radius 2 is 1.91 bits per heavy atom. The van der Waals surface area contributed by atoms with Crippen molar-refractivity contribution in [3.05, 3.63) is 48.0 Å². The van der Waals surface area contributed by atoms with Crippen LogP contribution in [0.5, 0.6) is 5.75 Å². The van der Waals surface area contributed by atoms with Crippen LogP contribution in [0.3, 0.4) is 0 Å². The summed E-state index contributed by atoms with van der Waals surface area (Å²) in [5.74, 6) is 0.858. The van der Waals surface area contributed by atoms with Crippen molar-refractivity contribution in [2.45, 2.75) is 59.1 Å². The van der Waals surface area contributed by atoms with Crippen LogP contribution in [0.1, 0.15) is 58.6 Å². The van der Waals surface area contributed by atoms with Crippen LogP contribution < -0.4 is 10.1 Å². The van der Waals surface area contributed by atoms with E-state index in [1.807, 2.05) is 64.2 Å². The van der Waals surface area contributed by atoms with Crippen LogP contribution in [0.4, 0.5) is 10.5 Å². The molecule has 0 spiro atoms. The van der Waals surface area contributed by atoms with Gasteiger partial charge in [-0.2, -0.15) is 0 Å². The van der Waals surface area contributed by atoms with Gasteiger partial charge in [0.25, 0.3) is 0 Å². The van der Waals surface area contributed by atoms with Gasteiger partial charge in [-0.3, -0.25) is 5.32 Å². The highest BCUT2D eigenvalue weighted by Crippen LogP contribution is 2.43. The molecule has 1 amide bonds. The first-order valence-electron chi connectivity index (χ1n) is 12.1. The van der Waals surface area contributed by atoms with Gasteiger partial charge in [-0.1, -0.05) is 17.3 Å². The fourth-order valence-electron chi connectivity index (χ4n) is 4.26. The van der Waals surface area contributed by atoms with E-state index in [2.05, 4.69) is 27.2 Å². The SMILES string of the molecule is CCON=Cc1c(-c2ccc(NC(=O)OC(C)C)cc2)n(C2CCC2)c2cc(OCC)ccc12. The molecule has 4 rings (SSSR count). The number of aromatic nitrogens is 1. The molecule has 7 nitrogen and oxygen atoms in total. The second-order valence-corrected chi connectivity index (χ2v) is 8.64. The minimum absolute atomic E-state index is 0.175. The van der Waals surface area contributed by atoms with Crippen LogP contribution in [-0.2, 0) is 9.57 Å². The summed E-state index contributed by atoms with van der Waals surface area (Å²) in [4.78, 5) is 17.3. The Kier molecular flexibility index (Phi) is 7.40. The predicted molar refractivity (Wildman–Crippen MR) is 136 cm³/mol. The number of nitrogens with one attached hydrogen (secondary N) is 1. The van der Waals surface area contributed by atoms with Crippen LogP contribution in [0.2, 0.25) is 0 Å². The number of rotatable bonds is 9. The largest absolute Gasteiger partial charge is 0.494 e. The normalized spacial score (nSPS) is 13.9. The van der Waals surface area contributed by atoms with Crippen LogP contribution >= 0.6 is 0 Å². The number of carbonyl (C=O) groups is 1.